The van der Waals surface area contributed by atoms with Crippen LogP contribution in [0.3, 0.4) is 0 Å². The van der Waals surface area contributed by atoms with Crippen LogP contribution in [-0.4, -0.2) is 21.5 Å². The molecule has 0 amide bonds. The lowest BCUT2D eigenvalue weighted by molar-refractivity contribution is -0.274. The van der Waals surface area contributed by atoms with Gasteiger partial charge in [0.15, 0.2) is 0 Å². The second kappa shape index (κ2) is 5.88. The van der Waals surface area contributed by atoms with Gasteiger partial charge in [-0.3, -0.25) is 10.9 Å². The Morgan fingerprint density at radius 3 is 2.50 bits per heavy atom. The highest BCUT2D eigenvalue weighted by molar-refractivity contribution is 5.28. The summed E-state index contributed by atoms with van der Waals surface area (Å²) in [5.41, 5.74) is 3.34. The van der Waals surface area contributed by atoms with Crippen LogP contribution >= 0.6 is 0 Å². The van der Waals surface area contributed by atoms with Gasteiger partial charge in [-0.1, -0.05) is 12.1 Å². The van der Waals surface area contributed by atoms with E-state index >= 15 is 0 Å². The van der Waals surface area contributed by atoms with Gasteiger partial charge in [0.05, 0.1) is 6.04 Å². The highest BCUT2D eigenvalue weighted by atomic mass is 19.4. The number of benzene rings is 1. The molecule has 0 spiro atoms. The summed E-state index contributed by atoms with van der Waals surface area (Å²) >= 11 is 0. The fourth-order valence-electron chi connectivity index (χ4n) is 1.68. The first-order valence-electron chi connectivity index (χ1n) is 5.64. The van der Waals surface area contributed by atoms with Gasteiger partial charge in [-0.25, -0.2) is 10.4 Å². The van der Waals surface area contributed by atoms with Crippen molar-refractivity contribution in [3.63, 3.8) is 0 Å². The number of nitrogens with one attached hydrogen (secondary N) is 2. The monoisotopic (exact) mass is 287 g/mol. The van der Waals surface area contributed by atoms with E-state index < -0.39 is 6.36 Å². The zero-order chi connectivity index (χ0) is 14.6. The van der Waals surface area contributed by atoms with Crippen LogP contribution in [0.5, 0.6) is 5.75 Å². The molecule has 0 aliphatic heterocycles. The second-order valence-electron chi connectivity index (χ2n) is 3.99. The summed E-state index contributed by atoms with van der Waals surface area (Å²) in [6.45, 7) is 0. The summed E-state index contributed by atoms with van der Waals surface area (Å²) < 4.78 is 39.9. The summed E-state index contributed by atoms with van der Waals surface area (Å²) in [6.07, 6.45) is -2.90. The van der Waals surface area contributed by atoms with Crippen LogP contribution in [0, 0.1) is 0 Å². The van der Waals surface area contributed by atoms with Crippen molar-refractivity contribution in [1.29, 1.82) is 0 Å². The third-order valence-corrected chi connectivity index (χ3v) is 2.56. The minimum absolute atomic E-state index is 0.266. The molecule has 20 heavy (non-hydrogen) atoms. The second-order valence-corrected chi connectivity index (χ2v) is 3.99. The van der Waals surface area contributed by atoms with E-state index in [9.17, 15) is 13.2 Å². The summed E-state index contributed by atoms with van der Waals surface area (Å²) in [6, 6.07) is 5.24. The molecule has 0 saturated heterocycles. The summed E-state index contributed by atoms with van der Waals surface area (Å²) in [4.78, 5) is 3.97. The lowest BCUT2D eigenvalue weighted by atomic mass is 10.1. The Morgan fingerprint density at radius 1 is 1.30 bits per heavy atom. The van der Waals surface area contributed by atoms with Crippen LogP contribution in [0.2, 0.25) is 0 Å². The number of hydrogen-bond donors (Lipinski definition) is 3. The molecule has 2 aromatic rings. The number of rotatable bonds is 5. The third-order valence-electron chi connectivity index (χ3n) is 2.56. The van der Waals surface area contributed by atoms with Crippen molar-refractivity contribution < 1.29 is 17.9 Å². The largest absolute Gasteiger partial charge is 0.573 e. The summed E-state index contributed by atoms with van der Waals surface area (Å²) in [7, 11) is 0. The van der Waals surface area contributed by atoms with Gasteiger partial charge in [0.25, 0.3) is 0 Å². The molecule has 1 atom stereocenters. The van der Waals surface area contributed by atoms with Crippen LogP contribution in [0.15, 0.2) is 30.6 Å². The van der Waals surface area contributed by atoms with E-state index in [4.69, 9.17) is 5.84 Å². The maximum Gasteiger partial charge on any atom is 0.573 e. The predicted molar refractivity (Wildman–Crippen MR) is 63.3 cm³/mol. The van der Waals surface area contributed by atoms with Crippen molar-refractivity contribution >= 4 is 0 Å². The van der Waals surface area contributed by atoms with E-state index in [1.54, 1.807) is 0 Å². The van der Waals surface area contributed by atoms with Gasteiger partial charge in [0.2, 0.25) is 0 Å². The Hall–Kier alpha value is -2.13. The number of hydrazine groups is 1. The van der Waals surface area contributed by atoms with Crippen LogP contribution < -0.4 is 16.0 Å². The van der Waals surface area contributed by atoms with Gasteiger partial charge in [-0.2, -0.15) is 5.10 Å². The number of aromatic nitrogens is 3. The lowest BCUT2D eigenvalue weighted by Crippen LogP contribution is -2.30. The van der Waals surface area contributed by atoms with Crippen molar-refractivity contribution in [2.45, 2.75) is 18.8 Å². The molecule has 0 radical (unpaired) electrons. The number of ether oxygens (including phenoxy) is 1. The zero-order valence-corrected chi connectivity index (χ0v) is 10.2. The molecule has 9 heteroatoms. The van der Waals surface area contributed by atoms with E-state index in [-0.39, 0.29) is 11.8 Å². The number of aromatic amines is 1. The molecule has 0 aliphatic rings. The van der Waals surface area contributed by atoms with Gasteiger partial charge in [-0.05, 0) is 24.1 Å². The number of nitrogens with zero attached hydrogens (tertiary/aromatic N) is 2. The molecule has 1 aromatic heterocycles. The van der Waals surface area contributed by atoms with Crippen molar-refractivity contribution in [3.8, 4) is 5.75 Å². The van der Waals surface area contributed by atoms with Gasteiger partial charge in [-0.15, -0.1) is 13.2 Å². The number of H-pyrrole nitrogens is 1. The maximum atomic E-state index is 12.0. The van der Waals surface area contributed by atoms with Crippen molar-refractivity contribution in [1.82, 2.24) is 20.6 Å². The molecule has 0 fully saturated rings. The summed E-state index contributed by atoms with van der Waals surface area (Å²) in [5.74, 6) is 5.69. The fraction of sp³-hybridized carbons (Fsp3) is 0.273. The van der Waals surface area contributed by atoms with Gasteiger partial charge >= 0.3 is 6.36 Å². The Balaban J connectivity index is 2.03. The number of nitrogens with two attached hydrogens (primary N) is 1. The SMILES string of the molecule is NNC(Cc1ccc(OC(F)(F)F)cc1)c1ncn[nH]1. The molecule has 108 valence electrons. The molecule has 2 rings (SSSR count). The lowest BCUT2D eigenvalue weighted by Gasteiger charge is -2.13. The van der Waals surface area contributed by atoms with Crippen LogP contribution in [0.25, 0.3) is 0 Å². The maximum absolute atomic E-state index is 12.0. The van der Waals surface area contributed by atoms with Crippen molar-refractivity contribution in [2.24, 2.45) is 5.84 Å². The minimum atomic E-state index is -4.69. The standard InChI is InChI=1S/C11H12F3N5O/c12-11(13,14)20-8-3-1-7(2-4-8)5-9(18-15)10-16-6-17-19-10/h1-4,6,9,18H,5,15H2,(H,16,17,19). The average molecular weight is 287 g/mol. The first kappa shape index (κ1) is 14.3. The highest BCUT2D eigenvalue weighted by Gasteiger charge is 2.30. The van der Waals surface area contributed by atoms with E-state index in [0.29, 0.717) is 12.2 Å². The topological polar surface area (TPSA) is 88.8 Å². The number of halogens is 3. The molecular weight excluding hydrogens is 275 g/mol. The van der Waals surface area contributed by atoms with Gasteiger partial charge in [0.1, 0.15) is 17.9 Å². The smallest absolute Gasteiger partial charge is 0.406 e. The summed E-state index contributed by atoms with van der Waals surface area (Å²) in [5, 5.41) is 6.38. The fourth-order valence-corrected chi connectivity index (χ4v) is 1.68. The normalized spacial score (nSPS) is 13.2. The van der Waals surface area contributed by atoms with E-state index in [0.717, 1.165) is 5.56 Å². The molecule has 1 aromatic carbocycles. The van der Waals surface area contributed by atoms with Gasteiger partial charge in [0, 0.05) is 0 Å². The van der Waals surface area contributed by atoms with E-state index in [2.05, 4.69) is 25.3 Å². The molecule has 0 bridgehead atoms. The Kier molecular flexibility index (Phi) is 4.20. The van der Waals surface area contributed by atoms with Crippen LogP contribution in [0.4, 0.5) is 13.2 Å². The third kappa shape index (κ3) is 3.93. The van der Waals surface area contributed by atoms with Crippen molar-refractivity contribution in [2.75, 3.05) is 0 Å². The van der Waals surface area contributed by atoms with Gasteiger partial charge < -0.3 is 4.74 Å². The molecule has 1 heterocycles. The van der Waals surface area contributed by atoms with Crippen LogP contribution in [0.1, 0.15) is 17.4 Å². The Bertz CT molecular complexity index is 526. The molecule has 1 unspecified atom stereocenters. The minimum Gasteiger partial charge on any atom is -0.406 e. The predicted octanol–water partition coefficient (Wildman–Crippen LogP) is 1.45. The van der Waals surface area contributed by atoms with Crippen LogP contribution in [-0.2, 0) is 6.42 Å². The molecule has 6 nitrogen and oxygen atoms in total. The Morgan fingerprint density at radius 2 is 2.00 bits per heavy atom. The first-order chi connectivity index (χ1) is 9.48. The first-order valence-corrected chi connectivity index (χ1v) is 5.64. The molecule has 0 aliphatic carbocycles. The molecular formula is C11H12F3N5O. The van der Waals surface area contributed by atoms with Crippen molar-refractivity contribution in [3.05, 3.63) is 42.0 Å². The molecule has 0 saturated carbocycles. The average Bonchev–Trinajstić information content (AvgIpc) is 2.90. The number of alkyl halides is 3. The van der Waals surface area contributed by atoms with E-state index in [1.165, 1.54) is 30.6 Å². The quantitative estimate of drug-likeness (QED) is 0.572. The Labute approximate surface area is 112 Å². The highest BCUT2D eigenvalue weighted by Crippen LogP contribution is 2.23. The number of hydrogen-bond acceptors (Lipinski definition) is 5. The molecule has 4 N–H and O–H groups in total. The van der Waals surface area contributed by atoms with E-state index in [1.807, 2.05) is 0 Å². The zero-order valence-electron chi connectivity index (χ0n) is 10.2.